The fourth-order valence-electron chi connectivity index (χ4n) is 2.16. The lowest BCUT2D eigenvalue weighted by Gasteiger charge is -2.10. The van der Waals surface area contributed by atoms with E-state index in [9.17, 15) is 4.39 Å². The zero-order chi connectivity index (χ0) is 12.1. The van der Waals surface area contributed by atoms with E-state index in [-0.39, 0.29) is 5.82 Å². The molecule has 1 aliphatic heterocycles. The molecule has 92 valence electrons. The third kappa shape index (κ3) is 3.67. The van der Waals surface area contributed by atoms with Gasteiger partial charge >= 0.3 is 0 Å². The van der Waals surface area contributed by atoms with Gasteiger partial charge in [0.05, 0.1) is 0 Å². The second-order valence-corrected chi connectivity index (χ2v) is 4.78. The number of halogens is 1. The highest BCUT2D eigenvalue weighted by molar-refractivity contribution is 5.50. The van der Waals surface area contributed by atoms with Crippen LogP contribution in [0, 0.1) is 12.7 Å². The Kier molecular flexibility index (Phi) is 4.32. The maximum atomic E-state index is 13.4. The van der Waals surface area contributed by atoms with Gasteiger partial charge in [-0.15, -0.1) is 0 Å². The van der Waals surface area contributed by atoms with E-state index in [1.807, 2.05) is 18.2 Å². The minimum Gasteiger partial charge on any atom is -0.311 e. The third-order valence-electron chi connectivity index (χ3n) is 3.32. The SMILES string of the molecule is Cc1ccc(/C=C/C2CCCCCN2)cc1F. The van der Waals surface area contributed by atoms with Gasteiger partial charge in [-0.3, -0.25) is 0 Å². The van der Waals surface area contributed by atoms with Crippen LogP contribution in [0.15, 0.2) is 24.3 Å². The summed E-state index contributed by atoms with van der Waals surface area (Å²) in [7, 11) is 0. The Bertz CT molecular complexity index is 390. The van der Waals surface area contributed by atoms with E-state index in [0.717, 1.165) is 12.1 Å². The molecule has 1 saturated heterocycles. The van der Waals surface area contributed by atoms with Crippen molar-refractivity contribution in [1.82, 2.24) is 5.32 Å². The van der Waals surface area contributed by atoms with Crippen molar-refractivity contribution in [2.45, 2.75) is 38.6 Å². The fourth-order valence-corrected chi connectivity index (χ4v) is 2.16. The largest absolute Gasteiger partial charge is 0.311 e. The summed E-state index contributed by atoms with van der Waals surface area (Å²) >= 11 is 0. The van der Waals surface area contributed by atoms with E-state index in [0.29, 0.717) is 11.6 Å². The Labute approximate surface area is 103 Å². The van der Waals surface area contributed by atoms with Gasteiger partial charge in [-0.05, 0) is 43.5 Å². The van der Waals surface area contributed by atoms with Crippen LogP contribution in [-0.4, -0.2) is 12.6 Å². The molecule has 1 N–H and O–H groups in total. The third-order valence-corrected chi connectivity index (χ3v) is 3.32. The molecule has 1 aliphatic rings. The predicted octanol–water partition coefficient (Wildman–Crippen LogP) is 3.68. The van der Waals surface area contributed by atoms with Crippen LogP contribution in [-0.2, 0) is 0 Å². The molecule has 2 rings (SSSR count). The van der Waals surface area contributed by atoms with Crippen LogP contribution in [0.5, 0.6) is 0 Å². The second-order valence-electron chi connectivity index (χ2n) is 4.78. The molecule has 1 aromatic rings. The van der Waals surface area contributed by atoms with Gasteiger partial charge in [0.2, 0.25) is 0 Å². The molecule has 0 aliphatic carbocycles. The van der Waals surface area contributed by atoms with Crippen molar-refractivity contribution in [2.24, 2.45) is 0 Å². The van der Waals surface area contributed by atoms with E-state index in [2.05, 4.69) is 11.4 Å². The molecular weight excluding hydrogens is 213 g/mol. The van der Waals surface area contributed by atoms with Crippen LogP contribution in [0.1, 0.15) is 36.8 Å². The highest BCUT2D eigenvalue weighted by Gasteiger charge is 2.07. The van der Waals surface area contributed by atoms with Crippen LogP contribution < -0.4 is 5.32 Å². The molecule has 1 heterocycles. The monoisotopic (exact) mass is 233 g/mol. The molecule has 0 spiro atoms. The van der Waals surface area contributed by atoms with Gasteiger partial charge in [-0.1, -0.05) is 37.1 Å². The average molecular weight is 233 g/mol. The minimum atomic E-state index is -0.124. The molecule has 1 nitrogen and oxygen atoms in total. The standard InChI is InChI=1S/C15H20FN/c1-12-6-7-13(11-15(12)16)8-9-14-5-3-2-4-10-17-14/h6-9,11,14,17H,2-5,10H2,1H3/b9-8+. The highest BCUT2D eigenvalue weighted by atomic mass is 19.1. The van der Waals surface area contributed by atoms with Gasteiger partial charge < -0.3 is 5.32 Å². The van der Waals surface area contributed by atoms with Crippen molar-refractivity contribution in [3.8, 4) is 0 Å². The van der Waals surface area contributed by atoms with Crippen molar-refractivity contribution < 1.29 is 4.39 Å². The first kappa shape index (κ1) is 12.3. The number of nitrogens with one attached hydrogen (secondary N) is 1. The summed E-state index contributed by atoms with van der Waals surface area (Å²) in [5, 5.41) is 3.50. The first-order valence-electron chi connectivity index (χ1n) is 6.43. The lowest BCUT2D eigenvalue weighted by atomic mass is 10.1. The zero-order valence-corrected chi connectivity index (χ0v) is 10.4. The number of benzene rings is 1. The fraction of sp³-hybridized carbons (Fsp3) is 0.467. The van der Waals surface area contributed by atoms with Crippen molar-refractivity contribution in [3.05, 3.63) is 41.2 Å². The van der Waals surface area contributed by atoms with Gasteiger partial charge in [0.1, 0.15) is 5.82 Å². The Morgan fingerprint density at radius 2 is 2.18 bits per heavy atom. The van der Waals surface area contributed by atoms with E-state index in [4.69, 9.17) is 0 Å². The van der Waals surface area contributed by atoms with Crippen LogP contribution in [0.4, 0.5) is 4.39 Å². The topological polar surface area (TPSA) is 12.0 Å². The summed E-state index contributed by atoms with van der Waals surface area (Å²) in [6.07, 6.45) is 9.23. The van der Waals surface area contributed by atoms with Crippen LogP contribution >= 0.6 is 0 Å². The Balaban J connectivity index is 2.00. The summed E-state index contributed by atoms with van der Waals surface area (Å²) in [4.78, 5) is 0. The van der Waals surface area contributed by atoms with Crippen LogP contribution in [0.2, 0.25) is 0 Å². The molecule has 17 heavy (non-hydrogen) atoms. The Morgan fingerprint density at radius 3 is 3.00 bits per heavy atom. The van der Waals surface area contributed by atoms with Crippen molar-refractivity contribution in [2.75, 3.05) is 6.54 Å². The molecule has 1 aromatic carbocycles. The normalized spacial score (nSPS) is 21.6. The predicted molar refractivity (Wildman–Crippen MR) is 70.4 cm³/mol. The van der Waals surface area contributed by atoms with Gasteiger partial charge in [-0.25, -0.2) is 4.39 Å². The van der Waals surface area contributed by atoms with Crippen molar-refractivity contribution in [1.29, 1.82) is 0 Å². The Morgan fingerprint density at radius 1 is 1.29 bits per heavy atom. The van der Waals surface area contributed by atoms with Crippen molar-refractivity contribution >= 4 is 6.08 Å². The zero-order valence-electron chi connectivity index (χ0n) is 10.4. The summed E-state index contributed by atoms with van der Waals surface area (Å²) in [6, 6.07) is 5.84. The van der Waals surface area contributed by atoms with E-state index >= 15 is 0 Å². The first-order valence-corrected chi connectivity index (χ1v) is 6.43. The van der Waals surface area contributed by atoms with Gasteiger partial charge in [0.15, 0.2) is 0 Å². The molecule has 1 fully saturated rings. The molecule has 0 amide bonds. The number of hydrogen-bond acceptors (Lipinski definition) is 1. The molecule has 1 atom stereocenters. The van der Waals surface area contributed by atoms with E-state index in [1.165, 1.54) is 25.7 Å². The van der Waals surface area contributed by atoms with Gasteiger partial charge in [0.25, 0.3) is 0 Å². The smallest absolute Gasteiger partial charge is 0.126 e. The van der Waals surface area contributed by atoms with Gasteiger partial charge in [-0.2, -0.15) is 0 Å². The molecular formula is C15H20FN. The number of hydrogen-bond donors (Lipinski definition) is 1. The highest BCUT2D eigenvalue weighted by Crippen LogP contribution is 2.13. The maximum Gasteiger partial charge on any atom is 0.126 e. The lowest BCUT2D eigenvalue weighted by Crippen LogP contribution is -2.25. The van der Waals surface area contributed by atoms with Gasteiger partial charge in [0, 0.05) is 6.04 Å². The summed E-state index contributed by atoms with van der Waals surface area (Å²) in [6.45, 7) is 2.88. The average Bonchev–Trinajstić information content (AvgIpc) is 2.59. The summed E-state index contributed by atoms with van der Waals surface area (Å²) < 4.78 is 13.4. The first-order chi connectivity index (χ1) is 8.25. The molecule has 0 aromatic heterocycles. The number of aryl methyl sites for hydroxylation is 1. The van der Waals surface area contributed by atoms with Crippen LogP contribution in [0.3, 0.4) is 0 Å². The quantitative estimate of drug-likeness (QED) is 0.821. The van der Waals surface area contributed by atoms with Crippen LogP contribution in [0.25, 0.3) is 6.08 Å². The summed E-state index contributed by atoms with van der Waals surface area (Å²) in [5.74, 6) is -0.124. The summed E-state index contributed by atoms with van der Waals surface area (Å²) in [5.41, 5.74) is 1.65. The molecule has 2 heteroatoms. The maximum absolute atomic E-state index is 13.4. The van der Waals surface area contributed by atoms with Crippen molar-refractivity contribution in [3.63, 3.8) is 0 Å². The Hall–Kier alpha value is -1.15. The number of rotatable bonds is 2. The van der Waals surface area contributed by atoms with E-state index < -0.39 is 0 Å². The molecule has 0 saturated carbocycles. The van der Waals surface area contributed by atoms with E-state index in [1.54, 1.807) is 13.0 Å². The molecule has 0 radical (unpaired) electrons. The second kappa shape index (κ2) is 5.97. The lowest BCUT2D eigenvalue weighted by molar-refractivity contribution is 0.599. The minimum absolute atomic E-state index is 0.124. The molecule has 1 unspecified atom stereocenters. The molecule has 0 bridgehead atoms.